The van der Waals surface area contributed by atoms with Gasteiger partial charge in [0.1, 0.15) is 18.1 Å². The van der Waals surface area contributed by atoms with Crippen LogP contribution < -0.4 is 16.4 Å². The van der Waals surface area contributed by atoms with Gasteiger partial charge in [0.05, 0.1) is 22.9 Å². The number of aromatic nitrogens is 3. The third kappa shape index (κ3) is 5.59. The molecule has 1 atom stereocenters. The maximum absolute atomic E-state index is 13.4. The van der Waals surface area contributed by atoms with Gasteiger partial charge in [-0.3, -0.25) is 14.4 Å². The second kappa shape index (κ2) is 11.5. The first kappa shape index (κ1) is 27.8. The second-order valence-corrected chi connectivity index (χ2v) is 10.8. The number of carboxylic acids is 1. The number of aliphatic carboxylic acids is 1. The summed E-state index contributed by atoms with van der Waals surface area (Å²) in [6.07, 6.45) is 10.7. The number of hydrogen-bond acceptors (Lipinski definition) is 6. The summed E-state index contributed by atoms with van der Waals surface area (Å²) in [7, 11) is 0. The molecule has 2 aromatic carbocycles. The molecule has 0 bridgehead atoms. The van der Waals surface area contributed by atoms with E-state index < -0.39 is 29.7 Å². The van der Waals surface area contributed by atoms with Crippen molar-refractivity contribution in [1.82, 2.24) is 19.9 Å². The first-order valence-electron chi connectivity index (χ1n) is 14.1. The molecule has 5 aromatic rings. The van der Waals surface area contributed by atoms with Gasteiger partial charge in [-0.25, -0.2) is 9.78 Å². The monoisotopic (exact) mass is 582 g/mol. The number of nitrogens with two attached hydrogens (primary N) is 1. The van der Waals surface area contributed by atoms with Crippen LogP contribution in [0.3, 0.4) is 0 Å². The molecule has 43 heavy (non-hydrogen) atoms. The number of carbonyl (C=O) groups is 4. The van der Waals surface area contributed by atoms with E-state index in [2.05, 4.69) is 20.2 Å². The summed E-state index contributed by atoms with van der Waals surface area (Å²) in [5, 5.41) is 14.6. The predicted molar refractivity (Wildman–Crippen MR) is 158 cm³/mol. The Morgan fingerprint density at radius 2 is 1.91 bits per heavy atom. The molecule has 0 saturated heterocycles. The van der Waals surface area contributed by atoms with Crippen molar-refractivity contribution in [3.8, 4) is 11.4 Å². The molecule has 6 rings (SSSR count). The molecule has 0 aliphatic heterocycles. The van der Waals surface area contributed by atoms with Crippen LogP contribution >= 0.6 is 0 Å². The first-order chi connectivity index (χ1) is 20.8. The average molecular weight is 583 g/mol. The van der Waals surface area contributed by atoms with Crippen LogP contribution in [0.4, 0.5) is 5.69 Å². The number of amides is 3. The summed E-state index contributed by atoms with van der Waals surface area (Å²) in [5.41, 5.74) is 10.1. The standard InChI is InChI=1S/C31H30N6O6/c32-27(38)25(13-19-15-33-23-8-7-20(14-22(19)23)34-30(40)31(41)42)36-29(39)17-6-9-26-24(12-17)35-28(18-10-11-43-16-18)37(26)21-4-2-1-3-5-21/h6-12,14-16,21,25,33H,1-5,13H2,(H2,32,38)(H,34,40)(H,36,39)(H,41,42). The maximum atomic E-state index is 13.4. The Labute approximate surface area is 245 Å². The van der Waals surface area contributed by atoms with Crippen LogP contribution in [0.1, 0.15) is 54.1 Å². The van der Waals surface area contributed by atoms with Crippen LogP contribution in [-0.2, 0) is 20.8 Å². The second-order valence-electron chi connectivity index (χ2n) is 10.8. The number of nitrogens with one attached hydrogen (secondary N) is 3. The summed E-state index contributed by atoms with van der Waals surface area (Å²) in [6.45, 7) is 0. The van der Waals surface area contributed by atoms with E-state index >= 15 is 0 Å². The van der Waals surface area contributed by atoms with Crippen LogP contribution in [0.5, 0.6) is 0 Å². The fourth-order valence-electron chi connectivity index (χ4n) is 5.84. The number of primary amides is 1. The van der Waals surface area contributed by atoms with Crippen molar-refractivity contribution in [3.05, 3.63) is 72.3 Å². The molecule has 1 fully saturated rings. The van der Waals surface area contributed by atoms with Gasteiger partial charge in [-0.1, -0.05) is 19.3 Å². The van der Waals surface area contributed by atoms with E-state index in [1.807, 2.05) is 12.1 Å². The van der Waals surface area contributed by atoms with E-state index in [0.29, 0.717) is 33.6 Å². The van der Waals surface area contributed by atoms with E-state index in [-0.39, 0.29) is 12.1 Å². The zero-order valence-electron chi connectivity index (χ0n) is 23.1. The Kier molecular flexibility index (Phi) is 7.41. The highest BCUT2D eigenvalue weighted by atomic mass is 16.4. The van der Waals surface area contributed by atoms with Crippen molar-refractivity contribution in [2.45, 2.75) is 50.6 Å². The predicted octanol–water partition coefficient (Wildman–Crippen LogP) is 4.13. The minimum atomic E-state index is -1.61. The van der Waals surface area contributed by atoms with Gasteiger partial charge in [0.15, 0.2) is 0 Å². The Morgan fingerprint density at radius 3 is 2.63 bits per heavy atom. The highest BCUT2D eigenvalue weighted by molar-refractivity contribution is 6.36. The molecule has 1 unspecified atom stereocenters. The van der Waals surface area contributed by atoms with Gasteiger partial charge in [0.2, 0.25) is 5.91 Å². The molecule has 1 aliphatic rings. The minimum Gasteiger partial charge on any atom is -0.474 e. The molecule has 3 amide bonds. The summed E-state index contributed by atoms with van der Waals surface area (Å²) in [4.78, 5) is 56.3. The fraction of sp³-hybridized carbons (Fsp3) is 0.258. The Hall–Kier alpha value is -5.39. The summed E-state index contributed by atoms with van der Waals surface area (Å²) >= 11 is 0. The number of aromatic amines is 1. The molecular formula is C31H30N6O6. The molecule has 12 nitrogen and oxygen atoms in total. The van der Waals surface area contributed by atoms with Gasteiger partial charge in [0.25, 0.3) is 5.91 Å². The Balaban J connectivity index is 1.25. The summed E-state index contributed by atoms with van der Waals surface area (Å²) in [5.74, 6) is -3.18. The highest BCUT2D eigenvalue weighted by Crippen LogP contribution is 2.36. The zero-order valence-corrected chi connectivity index (χ0v) is 23.1. The van der Waals surface area contributed by atoms with Gasteiger partial charge in [-0.05, 0) is 60.9 Å². The van der Waals surface area contributed by atoms with E-state index in [0.717, 1.165) is 42.6 Å². The van der Waals surface area contributed by atoms with Gasteiger partial charge in [-0.15, -0.1) is 0 Å². The van der Waals surface area contributed by atoms with Crippen molar-refractivity contribution in [1.29, 1.82) is 0 Å². The summed E-state index contributed by atoms with van der Waals surface area (Å²) in [6, 6.07) is 11.3. The topological polar surface area (TPSA) is 185 Å². The lowest BCUT2D eigenvalue weighted by molar-refractivity contribution is -0.147. The summed E-state index contributed by atoms with van der Waals surface area (Å²) < 4.78 is 7.58. The SMILES string of the molecule is NC(=O)C(Cc1c[nH]c2ccc(NC(=O)C(=O)O)cc12)NC(=O)c1ccc2c(c1)nc(-c1ccoc1)n2C1CCCCC1. The normalized spacial score (nSPS) is 14.5. The van der Waals surface area contributed by atoms with Crippen molar-refractivity contribution < 1.29 is 28.7 Å². The largest absolute Gasteiger partial charge is 0.474 e. The smallest absolute Gasteiger partial charge is 0.394 e. The molecule has 12 heteroatoms. The number of imidazole rings is 1. The number of fused-ring (bicyclic) bond motifs is 2. The highest BCUT2D eigenvalue weighted by Gasteiger charge is 2.25. The molecule has 0 spiro atoms. The number of nitrogens with zero attached hydrogens (tertiary/aromatic N) is 2. The van der Waals surface area contributed by atoms with E-state index in [4.69, 9.17) is 20.2 Å². The first-order valence-corrected chi connectivity index (χ1v) is 14.1. The number of carbonyl (C=O) groups excluding carboxylic acids is 3. The van der Waals surface area contributed by atoms with Gasteiger partial charge in [0, 0.05) is 40.8 Å². The van der Waals surface area contributed by atoms with E-state index in [1.54, 1.807) is 49.1 Å². The van der Waals surface area contributed by atoms with Gasteiger partial charge >= 0.3 is 11.9 Å². The molecule has 0 radical (unpaired) electrons. The van der Waals surface area contributed by atoms with E-state index in [1.165, 1.54) is 6.42 Å². The van der Waals surface area contributed by atoms with E-state index in [9.17, 15) is 19.2 Å². The average Bonchev–Trinajstić information content (AvgIpc) is 3.75. The molecule has 3 aromatic heterocycles. The van der Waals surface area contributed by atoms with Crippen molar-refractivity contribution in [3.63, 3.8) is 0 Å². The zero-order chi connectivity index (χ0) is 30.1. The third-order valence-corrected chi connectivity index (χ3v) is 7.96. The van der Waals surface area contributed by atoms with Crippen LogP contribution in [0.2, 0.25) is 0 Å². The van der Waals surface area contributed by atoms with Crippen LogP contribution in [-0.4, -0.2) is 49.4 Å². The number of benzene rings is 2. The van der Waals surface area contributed by atoms with Crippen LogP contribution in [0, 0.1) is 0 Å². The number of hydrogen-bond donors (Lipinski definition) is 5. The van der Waals surface area contributed by atoms with Gasteiger partial charge in [-0.2, -0.15) is 0 Å². The molecule has 6 N–H and O–H groups in total. The fourth-order valence-corrected chi connectivity index (χ4v) is 5.84. The Morgan fingerprint density at radius 1 is 1.09 bits per heavy atom. The number of anilines is 1. The Bertz CT molecular complexity index is 1850. The lowest BCUT2D eigenvalue weighted by Crippen LogP contribution is -2.45. The number of furan rings is 1. The number of rotatable bonds is 8. The van der Waals surface area contributed by atoms with Crippen LogP contribution in [0.15, 0.2) is 65.6 Å². The van der Waals surface area contributed by atoms with Crippen molar-refractivity contribution in [2.75, 3.05) is 5.32 Å². The number of H-pyrrole nitrogens is 1. The molecule has 1 aliphatic carbocycles. The lowest BCUT2D eigenvalue weighted by Gasteiger charge is -2.25. The van der Waals surface area contributed by atoms with Crippen molar-refractivity contribution in [2.24, 2.45) is 5.73 Å². The molecule has 220 valence electrons. The van der Waals surface area contributed by atoms with Crippen molar-refractivity contribution >= 4 is 51.3 Å². The minimum absolute atomic E-state index is 0.0700. The van der Waals surface area contributed by atoms with Crippen LogP contribution in [0.25, 0.3) is 33.3 Å². The number of carboxylic acid groups (broad SMARTS) is 1. The molecule has 3 heterocycles. The molecular weight excluding hydrogens is 552 g/mol. The quantitative estimate of drug-likeness (QED) is 0.170. The van der Waals surface area contributed by atoms with Gasteiger partial charge < -0.3 is 35.4 Å². The third-order valence-electron chi connectivity index (χ3n) is 7.96. The molecule has 1 saturated carbocycles. The lowest BCUT2D eigenvalue weighted by atomic mass is 9.95. The maximum Gasteiger partial charge on any atom is 0.394 e.